The number of benzene rings is 1. The molecular formula is C11H13BrFNO2. The lowest BCUT2D eigenvalue weighted by atomic mass is 10.2. The summed E-state index contributed by atoms with van der Waals surface area (Å²) < 4.78 is 13.9. The number of aliphatic hydroxyl groups excluding tert-OH is 1. The van der Waals surface area contributed by atoms with Crippen molar-refractivity contribution in [1.29, 1.82) is 0 Å². The summed E-state index contributed by atoms with van der Waals surface area (Å²) in [6.45, 7) is 1.74. The largest absolute Gasteiger partial charge is 0.392 e. The summed E-state index contributed by atoms with van der Waals surface area (Å²) >= 11 is 3.13. The summed E-state index contributed by atoms with van der Waals surface area (Å²) in [7, 11) is 1.52. The van der Waals surface area contributed by atoms with Crippen molar-refractivity contribution in [2.75, 3.05) is 13.6 Å². The van der Waals surface area contributed by atoms with Crippen LogP contribution in [-0.4, -0.2) is 35.6 Å². The number of hydrogen-bond acceptors (Lipinski definition) is 2. The number of likely N-dealkylation sites (N-methyl/N-ethyl adjacent to an activating group) is 1. The number of carbonyl (C=O) groups excluding carboxylic acids is 1. The van der Waals surface area contributed by atoms with Gasteiger partial charge in [0.05, 0.1) is 11.7 Å². The number of carbonyl (C=O) groups is 1. The highest BCUT2D eigenvalue weighted by Gasteiger charge is 2.19. The first-order valence-corrected chi connectivity index (χ1v) is 5.60. The van der Waals surface area contributed by atoms with Crippen molar-refractivity contribution in [3.63, 3.8) is 0 Å². The molecule has 0 radical (unpaired) electrons. The molecule has 16 heavy (non-hydrogen) atoms. The summed E-state index contributed by atoms with van der Waals surface area (Å²) in [5, 5.41) is 9.16. The van der Waals surface area contributed by atoms with Gasteiger partial charge >= 0.3 is 0 Å². The molecule has 1 rings (SSSR count). The van der Waals surface area contributed by atoms with Gasteiger partial charge in [0, 0.05) is 18.1 Å². The first-order chi connectivity index (χ1) is 7.43. The molecule has 1 aromatic rings. The third-order valence-corrected chi connectivity index (χ3v) is 2.72. The van der Waals surface area contributed by atoms with Crippen LogP contribution in [0.4, 0.5) is 4.39 Å². The Balaban J connectivity index is 2.96. The van der Waals surface area contributed by atoms with Crippen molar-refractivity contribution < 1.29 is 14.3 Å². The Labute approximate surface area is 102 Å². The maximum Gasteiger partial charge on any atom is 0.257 e. The van der Waals surface area contributed by atoms with Crippen molar-refractivity contribution in [3.05, 3.63) is 34.1 Å². The van der Waals surface area contributed by atoms with Gasteiger partial charge in [0.15, 0.2) is 0 Å². The average molecular weight is 290 g/mol. The summed E-state index contributed by atoms with van der Waals surface area (Å²) in [4.78, 5) is 13.2. The van der Waals surface area contributed by atoms with E-state index in [2.05, 4.69) is 15.9 Å². The van der Waals surface area contributed by atoms with Crippen LogP contribution in [0.5, 0.6) is 0 Å². The van der Waals surface area contributed by atoms with Gasteiger partial charge in [-0.25, -0.2) is 4.39 Å². The fourth-order valence-electron chi connectivity index (χ4n) is 1.37. The van der Waals surface area contributed by atoms with Crippen LogP contribution in [0.15, 0.2) is 22.7 Å². The van der Waals surface area contributed by atoms with E-state index < -0.39 is 17.8 Å². The quantitative estimate of drug-likeness (QED) is 0.925. The van der Waals surface area contributed by atoms with Crippen LogP contribution in [0.25, 0.3) is 0 Å². The minimum Gasteiger partial charge on any atom is -0.392 e. The highest BCUT2D eigenvalue weighted by atomic mass is 79.9. The van der Waals surface area contributed by atoms with Gasteiger partial charge in [-0.15, -0.1) is 0 Å². The van der Waals surface area contributed by atoms with E-state index in [1.807, 2.05) is 0 Å². The molecule has 0 spiro atoms. The first kappa shape index (κ1) is 13.1. The number of halogens is 2. The third kappa shape index (κ3) is 3.02. The molecule has 1 atom stereocenters. The Morgan fingerprint density at radius 3 is 2.75 bits per heavy atom. The molecule has 0 saturated carbocycles. The van der Waals surface area contributed by atoms with Crippen LogP contribution in [0.2, 0.25) is 0 Å². The second-order valence-electron chi connectivity index (χ2n) is 3.63. The lowest BCUT2D eigenvalue weighted by molar-refractivity contribution is 0.0698. The average Bonchev–Trinajstić information content (AvgIpc) is 2.16. The number of amides is 1. The second-order valence-corrected chi connectivity index (χ2v) is 4.49. The van der Waals surface area contributed by atoms with Crippen LogP contribution in [0.3, 0.4) is 0 Å². The van der Waals surface area contributed by atoms with Gasteiger partial charge in [-0.2, -0.15) is 0 Å². The first-order valence-electron chi connectivity index (χ1n) is 4.81. The van der Waals surface area contributed by atoms with Crippen molar-refractivity contribution in [2.24, 2.45) is 0 Å². The van der Waals surface area contributed by atoms with Crippen LogP contribution in [0.1, 0.15) is 17.3 Å². The second kappa shape index (κ2) is 5.41. The van der Waals surface area contributed by atoms with E-state index in [1.165, 1.54) is 24.1 Å². The Morgan fingerprint density at radius 1 is 1.62 bits per heavy atom. The summed E-state index contributed by atoms with van der Waals surface area (Å²) in [5.41, 5.74) is -0.00866. The molecule has 0 aliphatic carbocycles. The molecule has 88 valence electrons. The molecule has 0 fully saturated rings. The normalized spacial score (nSPS) is 12.3. The Bertz CT molecular complexity index is 375. The van der Waals surface area contributed by atoms with Crippen molar-refractivity contribution in [3.8, 4) is 0 Å². The van der Waals surface area contributed by atoms with Crippen molar-refractivity contribution in [1.82, 2.24) is 4.90 Å². The Kier molecular flexibility index (Phi) is 4.44. The monoisotopic (exact) mass is 289 g/mol. The van der Waals surface area contributed by atoms with Gasteiger partial charge < -0.3 is 10.0 Å². The zero-order valence-electron chi connectivity index (χ0n) is 9.08. The smallest absolute Gasteiger partial charge is 0.257 e. The predicted molar refractivity (Wildman–Crippen MR) is 62.7 cm³/mol. The van der Waals surface area contributed by atoms with Gasteiger partial charge in [-0.3, -0.25) is 4.79 Å². The molecule has 1 unspecified atom stereocenters. The summed E-state index contributed by atoms with van der Waals surface area (Å²) in [6.07, 6.45) is -0.639. The van der Waals surface area contributed by atoms with Gasteiger partial charge in [0.1, 0.15) is 5.82 Å². The molecule has 3 nitrogen and oxygen atoms in total. The van der Waals surface area contributed by atoms with E-state index in [0.29, 0.717) is 4.47 Å². The van der Waals surface area contributed by atoms with Crippen molar-refractivity contribution >= 4 is 21.8 Å². The van der Waals surface area contributed by atoms with Gasteiger partial charge in [-0.1, -0.05) is 6.07 Å². The fourth-order valence-corrected chi connectivity index (χ4v) is 1.88. The Hall–Kier alpha value is -0.940. The van der Waals surface area contributed by atoms with Crippen LogP contribution in [0, 0.1) is 5.82 Å². The van der Waals surface area contributed by atoms with E-state index in [-0.39, 0.29) is 12.1 Å². The zero-order chi connectivity index (χ0) is 12.3. The van der Waals surface area contributed by atoms with Crippen LogP contribution >= 0.6 is 15.9 Å². The number of hydrogen-bond donors (Lipinski definition) is 1. The minimum atomic E-state index is -0.639. The molecule has 0 heterocycles. The highest BCUT2D eigenvalue weighted by molar-refractivity contribution is 9.10. The standard InChI is InChI=1S/C11H13BrFNO2/c1-7(15)6-14(2)11(16)10-8(12)4-3-5-9(10)13/h3-5,7,15H,6H2,1-2H3. The highest BCUT2D eigenvalue weighted by Crippen LogP contribution is 2.21. The van der Waals surface area contributed by atoms with E-state index in [9.17, 15) is 9.18 Å². The number of aliphatic hydroxyl groups is 1. The molecule has 0 saturated heterocycles. The molecule has 1 N–H and O–H groups in total. The number of rotatable bonds is 3. The molecule has 1 amide bonds. The van der Waals surface area contributed by atoms with Gasteiger partial charge in [-0.05, 0) is 35.0 Å². The number of nitrogens with zero attached hydrogens (tertiary/aromatic N) is 1. The Morgan fingerprint density at radius 2 is 2.25 bits per heavy atom. The molecule has 0 aromatic heterocycles. The maximum absolute atomic E-state index is 13.5. The lowest BCUT2D eigenvalue weighted by Gasteiger charge is -2.19. The van der Waals surface area contributed by atoms with E-state index >= 15 is 0 Å². The summed E-state index contributed by atoms with van der Waals surface area (Å²) in [5.74, 6) is -1.03. The van der Waals surface area contributed by atoms with Crippen LogP contribution < -0.4 is 0 Å². The molecule has 1 aromatic carbocycles. The fraction of sp³-hybridized carbons (Fsp3) is 0.364. The van der Waals surface area contributed by atoms with E-state index in [4.69, 9.17) is 5.11 Å². The molecule has 0 aliphatic rings. The zero-order valence-corrected chi connectivity index (χ0v) is 10.7. The van der Waals surface area contributed by atoms with E-state index in [1.54, 1.807) is 13.0 Å². The van der Waals surface area contributed by atoms with Crippen molar-refractivity contribution in [2.45, 2.75) is 13.0 Å². The maximum atomic E-state index is 13.5. The topological polar surface area (TPSA) is 40.5 Å². The lowest BCUT2D eigenvalue weighted by Crippen LogP contribution is -2.33. The summed E-state index contributed by atoms with van der Waals surface area (Å²) in [6, 6.07) is 4.35. The van der Waals surface area contributed by atoms with Crippen LogP contribution in [-0.2, 0) is 0 Å². The van der Waals surface area contributed by atoms with E-state index in [0.717, 1.165) is 0 Å². The minimum absolute atomic E-state index is 0.00866. The molecule has 5 heteroatoms. The third-order valence-electron chi connectivity index (χ3n) is 2.06. The predicted octanol–water partition coefficient (Wildman–Crippen LogP) is 2.04. The SMILES string of the molecule is CC(O)CN(C)C(=O)c1c(F)cccc1Br. The molecular weight excluding hydrogens is 277 g/mol. The molecule has 0 bridgehead atoms. The van der Waals surface area contributed by atoms with Gasteiger partial charge in [0.2, 0.25) is 0 Å². The van der Waals surface area contributed by atoms with Gasteiger partial charge in [0.25, 0.3) is 5.91 Å². The molecule has 0 aliphatic heterocycles.